The van der Waals surface area contributed by atoms with Crippen molar-refractivity contribution in [2.45, 2.75) is 6.92 Å². The maximum absolute atomic E-state index is 12.4. The van der Waals surface area contributed by atoms with Gasteiger partial charge in [-0.3, -0.25) is 4.79 Å². The predicted molar refractivity (Wildman–Crippen MR) is 105 cm³/mol. The Bertz CT molecular complexity index is 1130. The monoisotopic (exact) mass is 358 g/mol. The second kappa shape index (κ2) is 6.96. The molecule has 0 radical (unpaired) electrons. The summed E-state index contributed by atoms with van der Waals surface area (Å²) in [7, 11) is 1.62. The van der Waals surface area contributed by atoms with E-state index >= 15 is 0 Å². The van der Waals surface area contributed by atoms with E-state index in [1.165, 1.54) is 0 Å². The molecule has 0 unspecified atom stereocenters. The van der Waals surface area contributed by atoms with Crippen molar-refractivity contribution in [3.05, 3.63) is 77.9 Å². The van der Waals surface area contributed by atoms with Gasteiger partial charge in [0.2, 0.25) is 5.89 Å². The molecule has 1 aromatic heterocycles. The lowest BCUT2D eigenvalue weighted by Crippen LogP contribution is -2.11. The summed E-state index contributed by atoms with van der Waals surface area (Å²) in [4.78, 5) is 17.0. The second-order valence-corrected chi connectivity index (χ2v) is 6.26. The minimum absolute atomic E-state index is 0.158. The number of amides is 1. The highest BCUT2D eigenvalue weighted by molar-refractivity contribution is 6.05. The molecule has 27 heavy (non-hydrogen) atoms. The number of fused-ring (bicyclic) bond motifs is 1. The number of ether oxygens (including phenoxy) is 1. The molecule has 0 aliphatic heterocycles. The number of carbonyl (C=O) groups is 1. The zero-order chi connectivity index (χ0) is 18.8. The molecule has 0 saturated carbocycles. The van der Waals surface area contributed by atoms with Crippen molar-refractivity contribution < 1.29 is 13.9 Å². The van der Waals surface area contributed by atoms with Gasteiger partial charge < -0.3 is 14.5 Å². The van der Waals surface area contributed by atoms with Crippen LogP contribution >= 0.6 is 0 Å². The number of nitrogens with one attached hydrogen (secondary N) is 1. The first-order chi connectivity index (χ1) is 13.1. The third-order valence-electron chi connectivity index (χ3n) is 4.24. The average Bonchev–Trinajstić information content (AvgIpc) is 3.11. The smallest absolute Gasteiger partial charge is 0.255 e. The fourth-order valence-corrected chi connectivity index (χ4v) is 2.87. The topological polar surface area (TPSA) is 64.4 Å². The van der Waals surface area contributed by atoms with E-state index in [1.54, 1.807) is 31.4 Å². The van der Waals surface area contributed by atoms with Gasteiger partial charge in [0, 0.05) is 16.8 Å². The van der Waals surface area contributed by atoms with Gasteiger partial charge in [0.15, 0.2) is 5.58 Å². The fraction of sp³-hybridized carbons (Fsp3) is 0.0909. The Balaban J connectivity index is 1.61. The van der Waals surface area contributed by atoms with Crippen LogP contribution in [0.2, 0.25) is 0 Å². The Morgan fingerprint density at radius 1 is 1.04 bits per heavy atom. The van der Waals surface area contributed by atoms with Gasteiger partial charge in [-0.2, -0.15) is 0 Å². The molecule has 1 heterocycles. The van der Waals surface area contributed by atoms with Gasteiger partial charge in [0.05, 0.1) is 7.11 Å². The molecule has 0 spiro atoms. The molecule has 1 N–H and O–H groups in total. The highest BCUT2D eigenvalue weighted by atomic mass is 16.5. The van der Waals surface area contributed by atoms with Crippen LogP contribution in [0, 0.1) is 6.92 Å². The molecule has 5 heteroatoms. The van der Waals surface area contributed by atoms with E-state index in [0.29, 0.717) is 28.2 Å². The third-order valence-corrected chi connectivity index (χ3v) is 4.24. The fourth-order valence-electron chi connectivity index (χ4n) is 2.87. The number of anilines is 1. The maximum atomic E-state index is 12.4. The zero-order valence-electron chi connectivity index (χ0n) is 15.0. The number of hydrogen-bond donors (Lipinski definition) is 1. The van der Waals surface area contributed by atoms with Crippen LogP contribution in [-0.2, 0) is 0 Å². The van der Waals surface area contributed by atoms with Crippen molar-refractivity contribution in [2.24, 2.45) is 0 Å². The first kappa shape index (κ1) is 16.8. The highest BCUT2D eigenvalue weighted by Gasteiger charge is 2.11. The number of benzene rings is 3. The summed E-state index contributed by atoms with van der Waals surface area (Å²) in [5, 5.41) is 2.90. The summed E-state index contributed by atoms with van der Waals surface area (Å²) in [6.45, 7) is 1.96. The Kier molecular flexibility index (Phi) is 4.34. The van der Waals surface area contributed by atoms with E-state index in [2.05, 4.69) is 10.3 Å². The van der Waals surface area contributed by atoms with Gasteiger partial charge in [0.1, 0.15) is 11.3 Å². The normalized spacial score (nSPS) is 10.7. The Morgan fingerprint density at radius 3 is 2.70 bits per heavy atom. The van der Waals surface area contributed by atoms with Gasteiger partial charge in [-0.15, -0.1) is 0 Å². The first-order valence-corrected chi connectivity index (χ1v) is 8.55. The highest BCUT2D eigenvalue weighted by Crippen LogP contribution is 2.28. The minimum Gasteiger partial charge on any atom is -0.497 e. The van der Waals surface area contributed by atoms with Crippen LogP contribution in [0.1, 0.15) is 15.9 Å². The number of carbonyl (C=O) groups excluding carboxylic acids is 1. The van der Waals surface area contributed by atoms with Crippen LogP contribution < -0.4 is 10.1 Å². The molecule has 0 aliphatic rings. The van der Waals surface area contributed by atoms with E-state index in [0.717, 1.165) is 16.9 Å². The molecule has 0 atom stereocenters. The van der Waals surface area contributed by atoms with Crippen molar-refractivity contribution in [1.82, 2.24) is 4.98 Å². The van der Waals surface area contributed by atoms with Gasteiger partial charge in [-0.1, -0.05) is 23.8 Å². The molecular weight excluding hydrogens is 340 g/mol. The van der Waals surface area contributed by atoms with E-state index in [1.807, 2.05) is 49.4 Å². The molecule has 0 bridgehead atoms. The van der Waals surface area contributed by atoms with Crippen LogP contribution in [-0.4, -0.2) is 18.0 Å². The lowest BCUT2D eigenvalue weighted by Gasteiger charge is -2.05. The van der Waals surface area contributed by atoms with Crippen LogP contribution in [0.5, 0.6) is 5.75 Å². The SMILES string of the molecule is COc1cccc(-c2nc3cc(NC(=O)c4cccc(C)c4)ccc3o2)c1. The van der Waals surface area contributed by atoms with Crippen molar-refractivity contribution in [1.29, 1.82) is 0 Å². The molecule has 5 nitrogen and oxygen atoms in total. The predicted octanol–water partition coefficient (Wildman–Crippen LogP) is 5.06. The van der Waals surface area contributed by atoms with Crippen molar-refractivity contribution >= 4 is 22.7 Å². The molecule has 134 valence electrons. The Hall–Kier alpha value is -3.60. The summed E-state index contributed by atoms with van der Waals surface area (Å²) < 4.78 is 11.1. The molecule has 3 aromatic carbocycles. The number of methoxy groups -OCH3 is 1. The summed E-state index contributed by atoms with van der Waals surface area (Å²) >= 11 is 0. The number of rotatable bonds is 4. The number of aryl methyl sites for hydroxylation is 1. The molecular formula is C22H18N2O3. The molecule has 0 saturated heterocycles. The Labute approximate surface area is 156 Å². The second-order valence-electron chi connectivity index (χ2n) is 6.26. The summed E-state index contributed by atoms with van der Waals surface area (Å²) in [5.41, 5.74) is 4.48. The largest absolute Gasteiger partial charge is 0.497 e. The van der Waals surface area contributed by atoms with E-state index in [4.69, 9.17) is 9.15 Å². The molecule has 4 aromatic rings. The van der Waals surface area contributed by atoms with Gasteiger partial charge in [-0.25, -0.2) is 4.98 Å². The molecule has 4 rings (SSSR count). The summed E-state index contributed by atoms with van der Waals surface area (Å²) in [5.74, 6) is 1.08. The average molecular weight is 358 g/mol. The number of oxazole rings is 1. The summed E-state index contributed by atoms with van der Waals surface area (Å²) in [6.07, 6.45) is 0. The lowest BCUT2D eigenvalue weighted by molar-refractivity contribution is 0.102. The van der Waals surface area contributed by atoms with Gasteiger partial charge in [0.25, 0.3) is 5.91 Å². The van der Waals surface area contributed by atoms with Gasteiger partial charge >= 0.3 is 0 Å². The van der Waals surface area contributed by atoms with E-state index in [-0.39, 0.29) is 5.91 Å². The van der Waals surface area contributed by atoms with E-state index < -0.39 is 0 Å². The zero-order valence-corrected chi connectivity index (χ0v) is 15.0. The maximum Gasteiger partial charge on any atom is 0.255 e. The van der Waals surface area contributed by atoms with Gasteiger partial charge in [-0.05, 0) is 55.5 Å². The van der Waals surface area contributed by atoms with Crippen LogP contribution in [0.25, 0.3) is 22.6 Å². The first-order valence-electron chi connectivity index (χ1n) is 8.55. The Morgan fingerprint density at radius 2 is 1.89 bits per heavy atom. The van der Waals surface area contributed by atoms with E-state index in [9.17, 15) is 4.79 Å². The van der Waals surface area contributed by atoms with Crippen molar-refractivity contribution in [3.63, 3.8) is 0 Å². The van der Waals surface area contributed by atoms with Crippen LogP contribution in [0.4, 0.5) is 5.69 Å². The molecule has 1 amide bonds. The lowest BCUT2D eigenvalue weighted by atomic mass is 10.1. The number of hydrogen-bond acceptors (Lipinski definition) is 4. The minimum atomic E-state index is -0.158. The quantitative estimate of drug-likeness (QED) is 0.553. The van der Waals surface area contributed by atoms with Crippen molar-refractivity contribution in [3.8, 4) is 17.2 Å². The number of aromatic nitrogens is 1. The van der Waals surface area contributed by atoms with Crippen LogP contribution in [0.15, 0.2) is 71.1 Å². The molecule has 0 fully saturated rings. The third kappa shape index (κ3) is 3.53. The van der Waals surface area contributed by atoms with Crippen LogP contribution in [0.3, 0.4) is 0 Å². The van der Waals surface area contributed by atoms with Crippen molar-refractivity contribution in [2.75, 3.05) is 12.4 Å². The number of nitrogens with zero attached hydrogens (tertiary/aromatic N) is 1. The molecule has 0 aliphatic carbocycles. The standard InChI is InChI=1S/C22H18N2O3/c1-14-5-3-6-15(11-14)21(25)23-17-9-10-20-19(13-17)24-22(27-20)16-7-4-8-18(12-16)26-2/h3-13H,1-2H3,(H,23,25). The summed E-state index contributed by atoms with van der Waals surface area (Å²) in [6, 6.07) is 20.4.